The Hall–Kier alpha value is -2.62. The zero-order valence-electron chi connectivity index (χ0n) is 12.5. The van der Waals surface area contributed by atoms with Crippen LogP contribution in [0.3, 0.4) is 0 Å². The van der Waals surface area contributed by atoms with Crippen molar-refractivity contribution in [3.63, 3.8) is 0 Å². The molecule has 0 saturated carbocycles. The van der Waals surface area contributed by atoms with Crippen LogP contribution in [0.2, 0.25) is 0 Å². The largest absolute Gasteiger partial charge is 0.489 e. The summed E-state index contributed by atoms with van der Waals surface area (Å²) in [7, 11) is -1.49. The van der Waals surface area contributed by atoms with Gasteiger partial charge in [-0.05, 0) is 44.2 Å². The topological polar surface area (TPSA) is 40.5 Å². The van der Waals surface area contributed by atoms with Gasteiger partial charge in [-0.15, -0.1) is 0 Å². The van der Waals surface area contributed by atoms with Gasteiger partial charge < -0.3 is 10.0 Å². The predicted octanol–water partition coefficient (Wildman–Crippen LogP) is 3.34. The van der Waals surface area contributed by atoms with Crippen LogP contribution in [-0.2, 0) is 0 Å². The second-order valence-electron chi connectivity index (χ2n) is 5.65. The van der Waals surface area contributed by atoms with Crippen molar-refractivity contribution in [2.24, 2.45) is 0 Å². The second-order valence-corrected chi connectivity index (χ2v) is 5.65. The van der Waals surface area contributed by atoms with Crippen LogP contribution in [-0.4, -0.2) is 17.2 Å². The molecule has 3 heteroatoms. The molecular weight excluding hydrogens is 283 g/mol. The molecule has 0 fully saturated rings. The van der Waals surface area contributed by atoms with Crippen molar-refractivity contribution in [3.05, 3.63) is 78.9 Å². The van der Waals surface area contributed by atoms with E-state index in [0.717, 1.165) is 21.9 Å². The summed E-state index contributed by atoms with van der Waals surface area (Å²) in [4.78, 5) is 0. The monoisotopic (exact) mass is 298 g/mol. The average molecular weight is 298 g/mol. The van der Waals surface area contributed by atoms with Gasteiger partial charge >= 0.3 is 7.12 Å². The van der Waals surface area contributed by atoms with E-state index in [1.807, 2.05) is 42.5 Å². The van der Waals surface area contributed by atoms with Crippen molar-refractivity contribution in [2.75, 3.05) is 0 Å². The Morgan fingerprint density at radius 1 is 0.565 bits per heavy atom. The third kappa shape index (κ3) is 2.31. The lowest BCUT2D eigenvalue weighted by atomic mass is 9.74. The first-order valence-electron chi connectivity index (χ1n) is 7.61. The van der Waals surface area contributed by atoms with E-state index >= 15 is 0 Å². The van der Waals surface area contributed by atoms with Gasteiger partial charge in [-0.1, -0.05) is 72.8 Å². The zero-order chi connectivity index (χ0) is 15.8. The molecule has 4 rings (SSSR count). The first kappa shape index (κ1) is 14.0. The first-order chi connectivity index (χ1) is 11.3. The number of rotatable bonds is 2. The molecule has 0 aliphatic carbocycles. The third-order valence-electron chi connectivity index (χ3n) is 4.30. The highest BCUT2D eigenvalue weighted by Gasteiger charge is 2.18. The van der Waals surface area contributed by atoms with Gasteiger partial charge in [0.25, 0.3) is 0 Å². The van der Waals surface area contributed by atoms with Crippen LogP contribution in [0, 0.1) is 0 Å². The van der Waals surface area contributed by atoms with Crippen molar-refractivity contribution in [2.45, 2.75) is 0 Å². The highest BCUT2D eigenvalue weighted by atomic mass is 16.4. The molecule has 0 aliphatic rings. The second kappa shape index (κ2) is 5.54. The molecular formula is C20H15BO2. The van der Waals surface area contributed by atoms with Gasteiger partial charge in [0.05, 0.1) is 0 Å². The van der Waals surface area contributed by atoms with Crippen molar-refractivity contribution < 1.29 is 10.0 Å². The molecule has 0 amide bonds. The Balaban J connectivity index is 2.15. The van der Waals surface area contributed by atoms with Gasteiger partial charge in [0.1, 0.15) is 0 Å². The summed E-state index contributed by atoms with van der Waals surface area (Å²) in [5, 5.41) is 24.0. The number of fused-ring (bicyclic) bond motifs is 3. The third-order valence-corrected chi connectivity index (χ3v) is 4.30. The molecule has 0 aromatic heterocycles. The quantitative estimate of drug-likeness (QED) is 0.440. The lowest BCUT2D eigenvalue weighted by Crippen LogP contribution is -2.31. The summed E-state index contributed by atoms with van der Waals surface area (Å²) in [6.07, 6.45) is 0. The lowest BCUT2D eigenvalue weighted by Gasteiger charge is -2.14. The van der Waals surface area contributed by atoms with Gasteiger partial charge in [0.15, 0.2) is 0 Å². The molecule has 23 heavy (non-hydrogen) atoms. The number of hydrogen-bond acceptors (Lipinski definition) is 2. The van der Waals surface area contributed by atoms with Gasteiger partial charge in [-0.3, -0.25) is 0 Å². The minimum atomic E-state index is -1.49. The van der Waals surface area contributed by atoms with Gasteiger partial charge in [0.2, 0.25) is 0 Å². The zero-order valence-corrected chi connectivity index (χ0v) is 12.5. The molecule has 110 valence electrons. The van der Waals surface area contributed by atoms with Gasteiger partial charge in [-0.2, -0.15) is 0 Å². The van der Waals surface area contributed by atoms with Crippen molar-refractivity contribution in [1.82, 2.24) is 0 Å². The molecule has 0 bridgehead atoms. The Kier molecular flexibility index (Phi) is 3.38. The standard InChI is InChI=1S/C20H15BO2/c22-21(23)20-12-6-5-11-18(20)19-13-14-7-1-2-8-15(14)16-9-3-4-10-17(16)19/h1-13,22-23H. The summed E-state index contributed by atoms with van der Waals surface area (Å²) in [6, 6.07) is 26.1. The summed E-state index contributed by atoms with van der Waals surface area (Å²) in [5.41, 5.74) is 2.39. The van der Waals surface area contributed by atoms with Crippen LogP contribution in [0.15, 0.2) is 78.9 Å². The van der Waals surface area contributed by atoms with Crippen LogP contribution >= 0.6 is 0 Å². The highest BCUT2D eigenvalue weighted by Crippen LogP contribution is 2.34. The fourth-order valence-corrected chi connectivity index (χ4v) is 3.24. The first-order valence-corrected chi connectivity index (χ1v) is 7.61. The van der Waals surface area contributed by atoms with Gasteiger partial charge in [0, 0.05) is 0 Å². The molecule has 2 nitrogen and oxygen atoms in total. The van der Waals surface area contributed by atoms with Crippen molar-refractivity contribution in [3.8, 4) is 11.1 Å². The van der Waals surface area contributed by atoms with Crippen LogP contribution in [0.5, 0.6) is 0 Å². The van der Waals surface area contributed by atoms with Gasteiger partial charge in [-0.25, -0.2) is 0 Å². The van der Waals surface area contributed by atoms with Crippen LogP contribution in [0.25, 0.3) is 32.7 Å². The Morgan fingerprint density at radius 3 is 1.96 bits per heavy atom. The van der Waals surface area contributed by atoms with Crippen LogP contribution in [0.4, 0.5) is 0 Å². The van der Waals surface area contributed by atoms with E-state index in [0.29, 0.717) is 5.46 Å². The van der Waals surface area contributed by atoms with E-state index in [9.17, 15) is 10.0 Å². The Morgan fingerprint density at radius 2 is 1.17 bits per heavy atom. The average Bonchev–Trinajstić information content (AvgIpc) is 2.61. The molecule has 0 heterocycles. The summed E-state index contributed by atoms with van der Waals surface area (Å²) in [5.74, 6) is 0. The van der Waals surface area contributed by atoms with E-state index in [1.54, 1.807) is 6.07 Å². The number of benzene rings is 4. The van der Waals surface area contributed by atoms with Crippen molar-refractivity contribution in [1.29, 1.82) is 0 Å². The summed E-state index contributed by atoms with van der Waals surface area (Å²) in [6.45, 7) is 0. The smallest absolute Gasteiger partial charge is 0.423 e. The molecule has 0 aliphatic heterocycles. The minimum Gasteiger partial charge on any atom is -0.423 e. The SMILES string of the molecule is OB(O)c1ccccc1-c1cc2ccccc2c2ccccc12. The molecule has 0 radical (unpaired) electrons. The normalized spacial score (nSPS) is 11.0. The summed E-state index contributed by atoms with van der Waals surface area (Å²) < 4.78 is 0. The highest BCUT2D eigenvalue weighted by molar-refractivity contribution is 6.60. The molecule has 2 N–H and O–H groups in total. The minimum absolute atomic E-state index is 0.521. The molecule has 4 aromatic rings. The van der Waals surface area contributed by atoms with E-state index in [4.69, 9.17) is 0 Å². The maximum Gasteiger partial charge on any atom is 0.489 e. The molecule has 0 saturated heterocycles. The Bertz CT molecular complexity index is 1010. The fraction of sp³-hybridized carbons (Fsp3) is 0. The van der Waals surface area contributed by atoms with E-state index < -0.39 is 7.12 Å². The molecule has 0 atom stereocenters. The van der Waals surface area contributed by atoms with Crippen LogP contribution < -0.4 is 5.46 Å². The van der Waals surface area contributed by atoms with E-state index in [1.165, 1.54) is 10.8 Å². The van der Waals surface area contributed by atoms with Crippen LogP contribution in [0.1, 0.15) is 0 Å². The Labute approximate surface area is 134 Å². The summed E-state index contributed by atoms with van der Waals surface area (Å²) >= 11 is 0. The predicted molar refractivity (Wildman–Crippen MR) is 96.7 cm³/mol. The lowest BCUT2D eigenvalue weighted by molar-refractivity contribution is 0.426. The van der Waals surface area contributed by atoms with Crippen molar-refractivity contribution >= 4 is 34.1 Å². The van der Waals surface area contributed by atoms with E-state index in [-0.39, 0.29) is 0 Å². The maximum atomic E-state index is 9.71. The maximum absolute atomic E-state index is 9.71. The van der Waals surface area contributed by atoms with E-state index in [2.05, 4.69) is 30.3 Å². The molecule has 0 spiro atoms. The number of hydrogen-bond donors (Lipinski definition) is 2. The molecule has 0 unspecified atom stereocenters. The fourth-order valence-electron chi connectivity index (χ4n) is 3.24. The molecule has 4 aromatic carbocycles.